The van der Waals surface area contributed by atoms with Gasteiger partial charge in [0.15, 0.2) is 5.96 Å². The molecule has 0 aliphatic carbocycles. The maximum absolute atomic E-state index is 5.48. The van der Waals surface area contributed by atoms with Crippen LogP contribution in [0.25, 0.3) is 0 Å². The third-order valence-corrected chi connectivity index (χ3v) is 3.76. The molecule has 1 aliphatic rings. The molecule has 0 radical (unpaired) electrons. The summed E-state index contributed by atoms with van der Waals surface area (Å²) in [6.07, 6.45) is 3.76. The summed E-state index contributed by atoms with van der Waals surface area (Å²) in [7, 11) is 8.08. The number of pyridine rings is 1. The Labute approximate surface area is 133 Å². The van der Waals surface area contributed by atoms with Crippen molar-refractivity contribution in [3.63, 3.8) is 0 Å². The standard InChI is InChI=1S/C16H27N5O/c1-19(2)16(20(3)4)18-13-15(14-6-5-7-17-12-14)21-8-10-22-11-9-21/h5-7,12,15H,8-11,13H2,1-4H3. The van der Waals surface area contributed by atoms with Gasteiger partial charge >= 0.3 is 0 Å². The van der Waals surface area contributed by atoms with Crippen LogP contribution in [0.15, 0.2) is 29.5 Å². The van der Waals surface area contributed by atoms with E-state index in [0.29, 0.717) is 0 Å². The first kappa shape index (κ1) is 16.7. The van der Waals surface area contributed by atoms with Crippen LogP contribution in [0.2, 0.25) is 0 Å². The zero-order valence-electron chi connectivity index (χ0n) is 14.1. The van der Waals surface area contributed by atoms with Crippen LogP contribution in [0.1, 0.15) is 11.6 Å². The number of aliphatic imine (C=N–C) groups is 1. The number of hydrogen-bond acceptors (Lipinski definition) is 4. The average Bonchev–Trinajstić information content (AvgIpc) is 2.52. The fourth-order valence-electron chi connectivity index (χ4n) is 2.74. The van der Waals surface area contributed by atoms with Crippen LogP contribution in [-0.4, -0.2) is 86.7 Å². The number of rotatable bonds is 4. The highest BCUT2D eigenvalue weighted by Crippen LogP contribution is 2.21. The lowest BCUT2D eigenvalue weighted by molar-refractivity contribution is 0.0178. The third-order valence-electron chi connectivity index (χ3n) is 3.76. The lowest BCUT2D eigenvalue weighted by Crippen LogP contribution is -2.41. The summed E-state index contributed by atoms with van der Waals surface area (Å²) >= 11 is 0. The van der Waals surface area contributed by atoms with Gasteiger partial charge in [0.2, 0.25) is 0 Å². The van der Waals surface area contributed by atoms with E-state index >= 15 is 0 Å². The summed E-state index contributed by atoms with van der Waals surface area (Å²) in [5.74, 6) is 0.974. The van der Waals surface area contributed by atoms with Gasteiger partial charge in [0.1, 0.15) is 0 Å². The minimum Gasteiger partial charge on any atom is -0.379 e. The smallest absolute Gasteiger partial charge is 0.195 e. The van der Waals surface area contributed by atoms with Gasteiger partial charge in [-0.15, -0.1) is 0 Å². The van der Waals surface area contributed by atoms with Crippen molar-refractivity contribution in [3.8, 4) is 0 Å². The van der Waals surface area contributed by atoms with Crippen molar-refractivity contribution in [3.05, 3.63) is 30.1 Å². The van der Waals surface area contributed by atoms with Gasteiger partial charge in [-0.05, 0) is 11.6 Å². The fraction of sp³-hybridized carbons (Fsp3) is 0.625. The quantitative estimate of drug-likeness (QED) is 0.612. The second-order valence-corrected chi connectivity index (χ2v) is 5.88. The van der Waals surface area contributed by atoms with Gasteiger partial charge in [-0.3, -0.25) is 14.9 Å². The third kappa shape index (κ3) is 4.42. The topological polar surface area (TPSA) is 44.2 Å². The molecule has 2 rings (SSSR count). The van der Waals surface area contributed by atoms with Gasteiger partial charge in [0.05, 0.1) is 25.8 Å². The molecular weight excluding hydrogens is 278 g/mol. The number of guanidine groups is 1. The van der Waals surface area contributed by atoms with E-state index in [-0.39, 0.29) is 6.04 Å². The SMILES string of the molecule is CN(C)C(=NCC(c1cccnc1)N1CCOCC1)N(C)C. The summed E-state index contributed by atoms with van der Waals surface area (Å²) in [6, 6.07) is 4.37. The van der Waals surface area contributed by atoms with Crippen molar-refractivity contribution in [2.75, 3.05) is 61.0 Å². The van der Waals surface area contributed by atoms with Crippen LogP contribution in [0.3, 0.4) is 0 Å². The molecule has 1 aliphatic heterocycles. The van der Waals surface area contributed by atoms with E-state index in [1.807, 2.05) is 56.5 Å². The van der Waals surface area contributed by atoms with E-state index in [1.165, 1.54) is 5.56 Å². The van der Waals surface area contributed by atoms with E-state index in [4.69, 9.17) is 9.73 Å². The molecule has 0 spiro atoms. The molecule has 6 heteroatoms. The number of nitrogens with zero attached hydrogens (tertiary/aromatic N) is 5. The first-order valence-electron chi connectivity index (χ1n) is 7.70. The van der Waals surface area contributed by atoms with E-state index < -0.39 is 0 Å². The maximum atomic E-state index is 5.48. The Balaban J connectivity index is 2.19. The van der Waals surface area contributed by atoms with Crippen molar-refractivity contribution in [2.24, 2.45) is 4.99 Å². The first-order chi connectivity index (χ1) is 10.6. The zero-order valence-corrected chi connectivity index (χ0v) is 14.1. The van der Waals surface area contributed by atoms with Gasteiger partial charge in [0.25, 0.3) is 0 Å². The molecule has 0 amide bonds. The molecule has 122 valence electrons. The highest BCUT2D eigenvalue weighted by atomic mass is 16.5. The van der Waals surface area contributed by atoms with Crippen molar-refractivity contribution >= 4 is 5.96 Å². The average molecular weight is 305 g/mol. The minimum atomic E-state index is 0.243. The Hall–Kier alpha value is -1.66. The van der Waals surface area contributed by atoms with E-state index in [1.54, 1.807) is 0 Å². The molecule has 0 aromatic carbocycles. The number of ether oxygens (including phenoxy) is 1. The summed E-state index contributed by atoms with van der Waals surface area (Å²) in [5, 5.41) is 0. The molecular formula is C16H27N5O. The summed E-state index contributed by atoms with van der Waals surface area (Å²) in [4.78, 5) is 15.6. The largest absolute Gasteiger partial charge is 0.379 e. The molecule has 1 unspecified atom stereocenters. The monoisotopic (exact) mass is 305 g/mol. The second-order valence-electron chi connectivity index (χ2n) is 5.88. The molecule has 1 atom stereocenters. The van der Waals surface area contributed by atoms with Gasteiger partial charge in [0, 0.05) is 53.7 Å². The molecule has 1 saturated heterocycles. The molecule has 22 heavy (non-hydrogen) atoms. The molecule has 0 bridgehead atoms. The van der Waals surface area contributed by atoms with Crippen LogP contribution in [0, 0.1) is 0 Å². The lowest BCUT2D eigenvalue weighted by atomic mass is 10.1. The lowest BCUT2D eigenvalue weighted by Gasteiger charge is -2.34. The van der Waals surface area contributed by atoms with Crippen LogP contribution in [-0.2, 0) is 4.74 Å². The fourth-order valence-corrected chi connectivity index (χ4v) is 2.74. The Kier molecular flexibility index (Phi) is 6.15. The highest BCUT2D eigenvalue weighted by molar-refractivity contribution is 5.79. The van der Waals surface area contributed by atoms with E-state index in [2.05, 4.69) is 16.0 Å². The predicted octanol–water partition coefficient (Wildman–Crippen LogP) is 0.934. The normalized spacial score (nSPS) is 16.9. The Morgan fingerprint density at radius 2 is 1.95 bits per heavy atom. The van der Waals surface area contributed by atoms with Gasteiger partial charge in [-0.1, -0.05) is 6.07 Å². The summed E-state index contributed by atoms with van der Waals surface area (Å²) in [5.41, 5.74) is 1.21. The zero-order chi connectivity index (χ0) is 15.9. The van der Waals surface area contributed by atoms with Crippen LogP contribution in [0.4, 0.5) is 0 Å². The Morgan fingerprint density at radius 3 is 2.50 bits per heavy atom. The second kappa shape index (κ2) is 8.10. The molecule has 1 fully saturated rings. The van der Waals surface area contributed by atoms with Gasteiger partial charge in [-0.2, -0.15) is 0 Å². The molecule has 6 nitrogen and oxygen atoms in total. The minimum absolute atomic E-state index is 0.243. The van der Waals surface area contributed by atoms with Crippen LogP contribution in [0.5, 0.6) is 0 Å². The van der Waals surface area contributed by atoms with Crippen molar-refractivity contribution in [1.29, 1.82) is 0 Å². The van der Waals surface area contributed by atoms with Crippen molar-refractivity contribution in [1.82, 2.24) is 19.7 Å². The number of morpholine rings is 1. The molecule has 0 saturated carbocycles. The van der Waals surface area contributed by atoms with Crippen LogP contribution < -0.4 is 0 Å². The first-order valence-corrected chi connectivity index (χ1v) is 7.70. The molecule has 1 aromatic heterocycles. The predicted molar refractivity (Wildman–Crippen MR) is 89.0 cm³/mol. The summed E-state index contributed by atoms with van der Waals surface area (Å²) in [6.45, 7) is 4.17. The van der Waals surface area contributed by atoms with Gasteiger partial charge < -0.3 is 14.5 Å². The number of hydrogen-bond donors (Lipinski definition) is 0. The summed E-state index contributed by atoms with van der Waals surface area (Å²) < 4.78 is 5.48. The van der Waals surface area contributed by atoms with Crippen molar-refractivity contribution in [2.45, 2.75) is 6.04 Å². The molecule has 1 aromatic rings. The molecule has 2 heterocycles. The molecule has 0 N–H and O–H groups in total. The highest BCUT2D eigenvalue weighted by Gasteiger charge is 2.23. The van der Waals surface area contributed by atoms with Crippen LogP contribution >= 0.6 is 0 Å². The number of aromatic nitrogens is 1. The Morgan fingerprint density at radius 1 is 1.27 bits per heavy atom. The maximum Gasteiger partial charge on any atom is 0.195 e. The van der Waals surface area contributed by atoms with E-state index in [9.17, 15) is 0 Å². The van der Waals surface area contributed by atoms with Crippen molar-refractivity contribution < 1.29 is 4.74 Å². The van der Waals surface area contributed by atoms with E-state index in [0.717, 1.165) is 38.8 Å². The Bertz CT molecular complexity index is 459. The van der Waals surface area contributed by atoms with Gasteiger partial charge in [-0.25, -0.2) is 0 Å².